The molecule has 3 rings (SSSR count). The van der Waals surface area contributed by atoms with Crippen molar-refractivity contribution < 1.29 is 4.79 Å². The van der Waals surface area contributed by atoms with Crippen molar-refractivity contribution in [3.8, 4) is 11.5 Å². The normalized spacial score (nSPS) is 15.2. The first kappa shape index (κ1) is 17.3. The lowest BCUT2D eigenvalue weighted by atomic mass is 9.95. The second kappa shape index (κ2) is 7.59. The van der Waals surface area contributed by atoms with E-state index in [9.17, 15) is 4.79 Å². The van der Waals surface area contributed by atoms with Gasteiger partial charge in [0.05, 0.1) is 0 Å². The number of carbonyl (C=O) groups excluding carboxylic acids is 1. The number of aryl methyl sites for hydroxylation is 1. The van der Waals surface area contributed by atoms with Crippen LogP contribution in [0.2, 0.25) is 0 Å². The van der Waals surface area contributed by atoms with E-state index in [0.717, 1.165) is 48.7 Å². The summed E-state index contributed by atoms with van der Waals surface area (Å²) in [4.78, 5) is 28.1. The monoisotopic (exact) mass is 339 g/mol. The van der Waals surface area contributed by atoms with Gasteiger partial charge in [-0.2, -0.15) is 0 Å². The van der Waals surface area contributed by atoms with Gasteiger partial charge < -0.3 is 10.2 Å². The molecule has 0 saturated carbocycles. The highest BCUT2D eigenvalue weighted by Crippen LogP contribution is 2.27. The molecule has 1 amide bonds. The maximum Gasteiger partial charge on any atom is 0.223 e. The van der Waals surface area contributed by atoms with Gasteiger partial charge >= 0.3 is 0 Å². The molecule has 132 valence electrons. The molecule has 6 heteroatoms. The average Bonchev–Trinajstić information content (AvgIpc) is 2.65. The van der Waals surface area contributed by atoms with Crippen molar-refractivity contribution in [2.45, 2.75) is 33.6 Å². The molecular formula is C19H25N5O. The number of pyridine rings is 1. The van der Waals surface area contributed by atoms with Gasteiger partial charge in [-0.15, -0.1) is 0 Å². The van der Waals surface area contributed by atoms with Crippen LogP contribution in [-0.2, 0) is 4.79 Å². The van der Waals surface area contributed by atoms with Crippen molar-refractivity contribution in [1.29, 1.82) is 0 Å². The molecule has 1 fully saturated rings. The van der Waals surface area contributed by atoms with E-state index in [1.165, 1.54) is 0 Å². The van der Waals surface area contributed by atoms with Crippen LogP contribution in [0.25, 0.3) is 11.5 Å². The van der Waals surface area contributed by atoms with Gasteiger partial charge in [0.1, 0.15) is 11.5 Å². The molecule has 0 aromatic carbocycles. The third-order valence-corrected chi connectivity index (χ3v) is 4.77. The van der Waals surface area contributed by atoms with Crippen LogP contribution >= 0.6 is 0 Å². The molecule has 2 aromatic rings. The Morgan fingerprint density at radius 1 is 1.24 bits per heavy atom. The van der Waals surface area contributed by atoms with Gasteiger partial charge in [-0.25, -0.2) is 9.97 Å². The van der Waals surface area contributed by atoms with Crippen molar-refractivity contribution in [1.82, 2.24) is 20.3 Å². The minimum Gasteiger partial charge on any atom is -0.356 e. The number of amides is 1. The molecule has 0 unspecified atom stereocenters. The van der Waals surface area contributed by atoms with Gasteiger partial charge in [0.2, 0.25) is 5.91 Å². The molecule has 0 atom stereocenters. The van der Waals surface area contributed by atoms with E-state index >= 15 is 0 Å². The van der Waals surface area contributed by atoms with Crippen LogP contribution in [0, 0.1) is 19.8 Å². The van der Waals surface area contributed by atoms with E-state index in [-0.39, 0.29) is 11.8 Å². The molecule has 25 heavy (non-hydrogen) atoms. The summed E-state index contributed by atoms with van der Waals surface area (Å²) in [5.41, 5.74) is 2.84. The molecule has 1 aliphatic heterocycles. The Bertz CT molecular complexity index is 739. The zero-order valence-electron chi connectivity index (χ0n) is 15.1. The number of piperidine rings is 1. The number of hydrogen-bond donors (Lipinski definition) is 1. The predicted molar refractivity (Wildman–Crippen MR) is 98.4 cm³/mol. The van der Waals surface area contributed by atoms with Gasteiger partial charge in [-0.3, -0.25) is 9.78 Å². The fraction of sp³-hybridized carbons (Fsp3) is 0.474. The van der Waals surface area contributed by atoms with Crippen LogP contribution in [0.3, 0.4) is 0 Å². The molecule has 0 radical (unpaired) electrons. The van der Waals surface area contributed by atoms with E-state index in [0.29, 0.717) is 12.4 Å². The third kappa shape index (κ3) is 3.78. The number of nitrogens with zero attached hydrogens (tertiary/aromatic N) is 4. The minimum atomic E-state index is 0.106. The molecule has 3 heterocycles. The maximum absolute atomic E-state index is 12.0. The Balaban J connectivity index is 1.81. The standard InChI is InChI=1S/C19H25N5O/c1-4-20-19(25)15-8-11-24(12-9-15)18-13(2)14(3)22-17(23-18)16-7-5-6-10-21-16/h5-7,10,15H,4,8-9,11-12H2,1-3H3,(H,20,25). The summed E-state index contributed by atoms with van der Waals surface area (Å²) < 4.78 is 0. The van der Waals surface area contributed by atoms with Crippen LogP contribution in [0.15, 0.2) is 24.4 Å². The summed E-state index contributed by atoms with van der Waals surface area (Å²) >= 11 is 0. The first-order valence-electron chi connectivity index (χ1n) is 8.89. The van der Waals surface area contributed by atoms with Crippen LogP contribution in [-0.4, -0.2) is 40.5 Å². The Morgan fingerprint density at radius 3 is 2.64 bits per heavy atom. The number of anilines is 1. The highest BCUT2D eigenvalue weighted by atomic mass is 16.1. The highest BCUT2D eigenvalue weighted by Gasteiger charge is 2.26. The van der Waals surface area contributed by atoms with Crippen LogP contribution in [0.1, 0.15) is 31.0 Å². The topological polar surface area (TPSA) is 71.0 Å². The first-order chi connectivity index (χ1) is 12.1. The van der Waals surface area contributed by atoms with Crippen molar-refractivity contribution in [3.05, 3.63) is 35.7 Å². The van der Waals surface area contributed by atoms with Crippen LogP contribution in [0.5, 0.6) is 0 Å². The Morgan fingerprint density at radius 2 is 2.00 bits per heavy atom. The summed E-state index contributed by atoms with van der Waals surface area (Å²) in [6.45, 7) is 8.38. The number of nitrogens with one attached hydrogen (secondary N) is 1. The molecule has 2 aromatic heterocycles. The van der Waals surface area contributed by atoms with Crippen molar-refractivity contribution >= 4 is 11.7 Å². The average molecular weight is 339 g/mol. The third-order valence-electron chi connectivity index (χ3n) is 4.77. The van der Waals surface area contributed by atoms with Gasteiger partial charge in [-0.05, 0) is 45.7 Å². The summed E-state index contributed by atoms with van der Waals surface area (Å²) in [6, 6.07) is 5.76. The SMILES string of the molecule is CCNC(=O)C1CCN(c2nc(-c3ccccn3)nc(C)c2C)CC1. The Labute approximate surface area is 148 Å². The number of hydrogen-bond acceptors (Lipinski definition) is 5. The second-order valence-corrected chi connectivity index (χ2v) is 6.45. The quantitative estimate of drug-likeness (QED) is 0.927. The highest BCUT2D eigenvalue weighted by molar-refractivity contribution is 5.79. The van der Waals surface area contributed by atoms with E-state index in [1.807, 2.05) is 32.0 Å². The minimum absolute atomic E-state index is 0.106. The van der Waals surface area contributed by atoms with Gasteiger partial charge in [0.15, 0.2) is 5.82 Å². The molecule has 0 aliphatic carbocycles. The fourth-order valence-electron chi connectivity index (χ4n) is 3.20. The number of rotatable bonds is 4. The summed E-state index contributed by atoms with van der Waals surface area (Å²) in [5.74, 6) is 1.90. The molecule has 1 saturated heterocycles. The fourth-order valence-corrected chi connectivity index (χ4v) is 3.20. The van der Waals surface area contributed by atoms with E-state index < -0.39 is 0 Å². The summed E-state index contributed by atoms with van der Waals surface area (Å²) in [5, 5.41) is 2.93. The molecule has 0 bridgehead atoms. The predicted octanol–water partition coefficient (Wildman–Crippen LogP) is 2.51. The zero-order valence-corrected chi connectivity index (χ0v) is 15.1. The number of aromatic nitrogens is 3. The Kier molecular flexibility index (Phi) is 5.26. The van der Waals surface area contributed by atoms with E-state index in [2.05, 4.69) is 27.1 Å². The lowest BCUT2D eigenvalue weighted by Gasteiger charge is -2.33. The molecule has 0 spiro atoms. The molecule has 1 N–H and O–H groups in total. The smallest absolute Gasteiger partial charge is 0.223 e. The lowest BCUT2D eigenvalue weighted by Crippen LogP contribution is -2.41. The van der Waals surface area contributed by atoms with Gasteiger partial charge in [-0.1, -0.05) is 6.07 Å². The lowest BCUT2D eigenvalue weighted by molar-refractivity contribution is -0.125. The van der Waals surface area contributed by atoms with Gasteiger partial charge in [0.25, 0.3) is 0 Å². The second-order valence-electron chi connectivity index (χ2n) is 6.45. The van der Waals surface area contributed by atoms with Crippen LogP contribution < -0.4 is 10.2 Å². The molecule has 6 nitrogen and oxygen atoms in total. The molecular weight excluding hydrogens is 314 g/mol. The Hall–Kier alpha value is -2.50. The summed E-state index contributed by atoms with van der Waals surface area (Å²) in [7, 11) is 0. The van der Waals surface area contributed by atoms with Crippen LogP contribution in [0.4, 0.5) is 5.82 Å². The number of carbonyl (C=O) groups is 1. The maximum atomic E-state index is 12.0. The largest absolute Gasteiger partial charge is 0.356 e. The van der Waals surface area contributed by atoms with Crippen molar-refractivity contribution in [2.24, 2.45) is 5.92 Å². The van der Waals surface area contributed by atoms with Crippen molar-refractivity contribution in [2.75, 3.05) is 24.5 Å². The first-order valence-corrected chi connectivity index (χ1v) is 8.89. The molecule has 1 aliphatic rings. The summed E-state index contributed by atoms with van der Waals surface area (Å²) in [6.07, 6.45) is 3.46. The van der Waals surface area contributed by atoms with E-state index in [1.54, 1.807) is 6.20 Å². The zero-order chi connectivity index (χ0) is 17.8. The van der Waals surface area contributed by atoms with Gasteiger partial charge in [0, 0.05) is 43.0 Å². The van der Waals surface area contributed by atoms with Crippen molar-refractivity contribution in [3.63, 3.8) is 0 Å². The van der Waals surface area contributed by atoms with E-state index in [4.69, 9.17) is 4.98 Å².